The van der Waals surface area contributed by atoms with Gasteiger partial charge in [0.15, 0.2) is 0 Å². The second kappa shape index (κ2) is 6.63. The van der Waals surface area contributed by atoms with E-state index in [2.05, 4.69) is 20.7 Å². The average Bonchev–Trinajstić information content (AvgIpc) is 2.98. The van der Waals surface area contributed by atoms with Crippen molar-refractivity contribution >= 4 is 0 Å². The van der Waals surface area contributed by atoms with Crippen molar-refractivity contribution in [2.24, 2.45) is 0 Å². The van der Waals surface area contributed by atoms with Crippen LogP contribution < -0.4 is 5.32 Å². The Balaban J connectivity index is 1.57. The normalized spacial score (nSPS) is 19.1. The first-order chi connectivity index (χ1) is 9.93. The van der Waals surface area contributed by atoms with E-state index < -0.39 is 0 Å². The van der Waals surface area contributed by atoms with E-state index in [0.29, 0.717) is 12.6 Å². The van der Waals surface area contributed by atoms with Crippen LogP contribution >= 0.6 is 0 Å². The van der Waals surface area contributed by atoms with Crippen LogP contribution in [0.4, 0.5) is 0 Å². The zero-order valence-corrected chi connectivity index (χ0v) is 11.5. The third kappa shape index (κ3) is 3.23. The molecule has 0 bridgehead atoms. The number of hydrogen-bond donors (Lipinski definition) is 2. The van der Waals surface area contributed by atoms with E-state index in [1.165, 1.54) is 12.8 Å². The van der Waals surface area contributed by atoms with Gasteiger partial charge in [-0.15, -0.1) is 0 Å². The molecule has 0 aliphatic carbocycles. The fraction of sp³-hybridized carbons (Fsp3) is 0.467. The Bertz CT molecular complexity index is 520. The summed E-state index contributed by atoms with van der Waals surface area (Å²) in [5, 5.41) is 14.6. The summed E-state index contributed by atoms with van der Waals surface area (Å²) >= 11 is 0. The number of nitrogens with zero attached hydrogens (tertiary/aromatic N) is 2. The van der Waals surface area contributed by atoms with Crippen LogP contribution in [-0.2, 0) is 11.3 Å². The van der Waals surface area contributed by atoms with Crippen molar-refractivity contribution < 1.29 is 4.74 Å². The van der Waals surface area contributed by atoms with Gasteiger partial charge in [-0.25, -0.2) is 0 Å². The van der Waals surface area contributed by atoms with Gasteiger partial charge < -0.3 is 10.1 Å². The minimum Gasteiger partial charge on any atom is -0.377 e. The third-order valence-corrected chi connectivity index (χ3v) is 3.61. The minimum atomic E-state index is 0.343. The first-order valence-corrected chi connectivity index (χ1v) is 7.21. The SMILES string of the molecule is c1ccc(-c2n[nH]nc2CNCC2CCCCO2)cc1. The van der Waals surface area contributed by atoms with Gasteiger partial charge in [-0.2, -0.15) is 15.4 Å². The van der Waals surface area contributed by atoms with Crippen molar-refractivity contribution in [3.05, 3.63) is 36.0 Å². The van der Waals surface area contributed by atoms with Crippen LogP contribution in [0.15, 0.2) is 30.3 Å². The van der Waals surface area contributed by atoms with Crippen molar-refractivity contribution in [2.45, 2.75) is 31.9 Å². The zero-order valence-electron chi connectivity index (χ0n) is 11.5. The molecule has 1 atom stereocenters. The standard InChI is InChI=1S/C15H20N4O/c1-2-6-12(7-3-1)15-14(17-19-18-15)11-16-10-13-8-4-5-9-20-13/h1-3,6-7,13,16H,4-5,8-11H2,(H,17,18,19). The van der Waals surface area contributed by atoms with Crippen LogP contribution in [-0.4, -0.2) is 34.7 Å². The lowest BCUT2D eigenvalue weighted by Gasteiger charge is -2.22. The van der Waals surface area contributed by atoms with Crippen LogP contribution in [0.3, 0.4) is 0 Å². The summed E-state index contributed by atoms with van der Waals surface area (Å²) in [5.41, 5.74) is 2.96. The van der Waals surface area contributed by atoms with Crippen molar-refractivity contribution in [1.82, 2.24) is 20.7 Å². The van der Waals surface area contributed by atoms with Gasteiger partial charge in [0.1, 0.15) is 11.4 Å². The summed E-state index contributed by atoms with van der Waals surface area (Å²) in [6.07, 6.45) is 3.96. The quantitative estimate of drug-likeness (QED) is 0.875. The van der Waals surface area contributed by atoms with Gasteiger partial charge in [-0.1, -0.05) is 30.3 Å². The molecule has 2 aromatic rings. The average molecular weight is 272 g/mol. The molecule has 1 aromatic carbocycles. The van der Waals surface area contributed by atoms with Gasteiger partial charge in [0.25, 0.3) is 0 Å². The van der Waals surface area contributed by atoms with E-state index >= 15 is 0 Å². The summed E-state index contributed by atoms with van der Waals surface area (Å²) in [7, 11) is 0. The maximum Gasteiger partial charge on any atom is 0.117 e. The summed E-state index contributed by atoms with van der Waals surface area (Å²) in [5.74, 6) is 0. The molecule has 0 saturated carbocycles. The summed E-state index contributed by atoms with van der Waals surface area (Å²) in [4.78, 5) is 0. The maximum atomic E-state index is 5.71. The van der Waals surface area contributed by atoms with E-state index in [1.54, 1.807) is 0 Å². The van der Waals surface area contributed by atoms with E-state index in [1.807, 2.05) is 30.3 Å². The van der Waals surface area contributed by atoms with Gasteiger partial charge >= 0.3 is 0 Å². The molecule has 3 rings (SSSR count). The van der Waals surface area contributed by atoms with E-state index in [-0.39, 0.29) is 0 Å². The molecule has 1 unspecified atom stereocenters. The van der Waals surface area contributed by atoms with Crippen LogP contribution in [0.2, 0.25) is 0 Å². The Morgan fingerprint density at radius 1 is 1.20 bits per heavy atom. The molecule has 1 aliphatic rings. The van der Waals surface area contributed by atoms with Crippen molar-refractivity contribution in [3.8, 4) is 11.3 Å². The van der Waals surface area contributed by atoms with Crippen molar-refractivity contribution in [3.63, 3.8) is 0 Å². The van der Waals surface area contributed by atoms with E-state index in [0.717, 1.165) is 36.5 Å². The maximum absolute atomic E-state index is 5.71. The lowest BCUT2D eigenvalue weighted by Crippen LogP contribution is -2.31. The topological polar surface area (TPSA) is 62.8 Å². The number of rotatable bonds is 5. The molecule has 1 saturated heterocycles. The predicted molar refractivity (Wildman–Crippen MR) is 77.1 cm³/mol. The Morgan fingerprint density at radius 3 is 2.90 bits per heavy atom. The smallest absolute Gasteiger partial charge is 0.117 e. The van der Waals surface area contributed by atoms with Crippen LogP contribution in [0.25, 0.3) is 11.3 Å². The molecule has 106 valence electrons. The molecule has 5 nitrogen and oxygen atoms in total. The highest BCUT2D eigenvalue weighted by molar-refractivity contribution is 5.60. The second-order valence-electron chi connectivity index (χ2n) is 5.10. The number of H-pyrrole nitrogens is 1. The first-order valence-electron chi connectivity index (χ1n) is 7.21. The lowest BCUT2D eigenvalue weighted by molar-refractivity contribution is 0.0167. The van der Waals surface area contributed by atoms with Gasteiger partial charge in [0.05, 0.1) is 6.10 Å². The first kappa shape index (κ1) is 13.3. The van der Waals surface area contributed by atoms with Crippen LogP contribution in [0.1, 0.15) is 25.0 Å². The fourth-order valence-electron chi connectivity index (χ4n) is 2.52. The molecule has 1 aromatic heterocycles. The summed E-state index contributed by atoms with van der Waals surface area (Å²) in [6.45, 7) is 2.48. The number of hydrogen-bond acceptors (Lipinski definition) is 4. The molecular weight excluding hydrogens is 252 g/mol. The molecule has 2 heterocycles. The highest BCUT2D eigenvalue weighted by Gasteiger charge is 2.14. The number of ether oxygens (including phenoxy) is 1. The Hall–Kier alpha value is -1.72. The number of aromatic nitrogens is 3. The van der Waals surface area contributed by atoms with Crippen LogP contribution in [0, 0.1) is 0 Å². The minimum absolute atomic E-state index is 0.343. The molecule has 0 amide bonds. The highest BCUT2D eigenvalue weighted by Crippen LogP contribution is 2.19. The molecule has 2 N–H and O–H groups in total. The number of aromatic amines is 1. The van der Waals surface area contributed by atoms with E-state index in [4.69, 9.17) is 4.74 Å². The van der Waals surface area contributed by atoms with Crippen LogP contribution in [0.5, 0.6) is 0 Å². The second-order valence-corrected chi connectivity index (χ2v) is 5.10. The van der Waals surface area contributed by atoms with Crippen molar-refractivity contribution in [2.75, 3.05) is 13.2 Å². The molecule has 0 spiro atoms. The van der Waals surface area contributed by atoms with Gasteiger partial charge in [-0.3, -0.25) is 0 Å². The Morgan fingerprint density at radius 2 is 2.10 bits per heavy atom. The van der Waals surface area contributed by atoms with Gasteiger partial charge in [0.2, 0.25) is 0 Å². The largest absolute Gasteiger partial charge is 0.377 e. The lowest BCUT2D eigenvalue weighted by atomic mass is 10.1. The molecule has 0 radical (unpaired) electrons. The molecule has 1 fully saturated rings. The van der Waals surface area contributed by atoms with Gasteiger partial charge in [-0.05, 0) is 19.3 Å². The monoisotopic (exact) mass is 272 g/mol. The van der Waals surface area contributed by atoms with Crippen molar-refractivity contribution in [1.29, 1.82) is 0 Å². The van der Waals surface area contributed by atoms with Gasteiger partial charge in [0, 0.05) is 25.3 Å². The number of benzene rings is 1. The Labute approximate surface area is 118 Å². The zero-order chi connectivity index (χ0) is 13.6. The van der Waals surface area contributed by atoms with E-state index in [9.17, 15) is 0 Å². The highest BCUT2D eigenvalue weighted by atomic mass is 16.5. The molecule has 20 heavy (non-hydrogen) atoms. The fourth-order valence-corrected chi connectivity index (χ4v) is 2.52. The predicted octanol–water partition coefficient (Wildman–Crippen LogP) is 2.13. The molecule has 1 aliphatic heterocycles. The Kier molecular flexibility index (Phi) is 4.40. The summed E-state index contributed by atoms with van der Waals surface area (Å²) in [6, 6.07) is 10.1. The number of nitrogens with one attached hydrogen (secondary N) is 2. The molecule has 5 heteroatoms. The summed E-state index contributed by atoms with van der Waals surface area (Å²) < 4.78 is 5.71. The molecular formula is C15H20N4O. The third-order valence-electron chi connectivity index (χ3n) is 3.61.